The van der Waals surface area contributed by atoms with Crippen molar-refractivity contribution in [1.29, 1.82) is 0 Å². The van der Waals surface area contributed by atoms with Gasteiger partial charge in [0.2, 0.25) is 5.91 Å². The number of hydrogen-bond acceptors (Lipinski definition) is 3. The summed E-state index contributed by atoms with van der Waals surface area (Å²) in [5.41, 5.74) is 0.114. The summed E-state index contributed by atoms with van der Waals surface area (Å²) in [5.74, 6) is -1.56. The van der Waals surface area contributed by atoms with Gasteiger partial charge in [-0.3, -0.25) is 9.69 Å². The van der Waals surface area contributed by atoms with Crippen LogP contribution in [0.1, 0.15) is 12.8 Å². The van der Waals surface area contributed by atoms with Crippen LogP contribution in [-0.4, -0.2) is 42.2 Å². The molecule has 0 radical (unpaired) electrons. The van der Waals surface area contributed by atoms with Gasteiger partial charge in [0, 0.05) is 24.9 Å². The molecule has 1 atom stereocenters. The van der Waals surface area contributed by atoms with Crippen LogP contribution < -0.4 is 5.32 Å². The van der Waals surface area contributed by atoms with Gasteiger partial charge in [-0.05, 0) is 37.4 Å². The molecule has 1 amide bonds. The first kappa shape index (κ1) is 14.9. The van der Waals surface area contributed by atoms with Crippen LogP contribution in [0.2, 0.25) is 0 Å². The van der Waals surface area contributed by atoms with Crippen LogP contribution >= 0.6 is 0 Å². The minimum atomic E-state index is -0.724. The van der Waals surface area contributed by atoms with E-state index in [1.165, 1.54) is 0 Å². The van der Waals surface area contributed by atoms with E-state index >= 15 is 0 Å². The lowest BCUT2D eigenvalue weighted by molar-refractivity contribution is -0.117. The smallest absolute Gasteiger partial charge is 0.238 e. The molecule has 1 aliphatic rings. The van der Waals surface area contributed by atoms with Crippen LogP contribution in [0.4, 0.5) is 14.5 Å². The first-order chi connectivity index (χ1) is 9.56. The van der Waals surface area contributed by atoms with E-state index in [1.54, 1.807) is 0 Å². The van der Waals surface area contributed by atoms with E-state index in [0.717, 1.165) is 37.6 Å². The quantitative estimate of drug-likeness (QED) is 0.883. The largest absolute Gasteiger partial charge is 0.396 e. The molecular formula is C14H18F2N2O2. The van der Waals surface area contributed by atoms with Crippen LogP contribution in [0.15, 0.2) is 18.2 Å². The Morgan fingerprint density at radius 2 is 2.05 bits per heavy atom. The minimum absolute atomic E-state index is 0.114. The molecule has 6 heteroatoms. The second-order valence-corrected chi connectivity index (χ2v) is 5.13. The van der Waals surface area contributed by atoms with E-state index in [-0.39, 0.29) is 30.7 Å². The number of nitrogens with zero attached hydrogens (tertiary/aromatic N) is 1. The van der Waals surface area contributed by atoms with Crippen molar-refractivity contribution in [3.63, 3.8) is 0 Å². The highest BCUT2D eigenvalue weighted by Gasteiger charge is 2.21. The number of hydrogen-bond donors (Lipinski definition) is 2. The number of amides is 1. The number of likely N-dealkylation sites (tertiary alicyclic amines) is 1. The lowest BCUT2D eigenvalue weighted by atomic mass is 9.99. The molecule has 1 aromatic rings. The van der Waals surface area contributed by atoms with Crippen molar-refractivity contribution in [2.75, 3.05) is 31.6 Å². The molecule has 2 rings (SSSR count). The molecule has 1 heterocycles. The third-order valence-electron chi connectivity index (χ3n) is 3.37. The van der Waals surface area contributed by atoms with Gasteiger partial charge in [0.05, 0.1) is 6.54 Å². The topological polar surface area (TPSA) is 52.6 Å². The van der Waals surface area contributed by atoms with E-state index in [0.29, 0.717) is 6.54 Å². The number of piperidine rings is 1. The van der Waals surface area contributed by atoms with Gasteiger partial charge in [-0.25, -0.2) is 8.78 Å². The van der Waals surface area contributed by atoms with Gasteiger partial charge in [0.1, 0.15) is 11.6 Å². The summed E-state index contributed by atoms with van der Waals surface area (Å²) in [7, 11) is 0. The van der Waals surface area contributed by atoms with Crippen LogP contribution in [-0.2, 0) is 4.79 Å². The molecule has 20 heavy (non-hydrogen) atoms. The summed E-state index contributed by atoms with van der Waals surface area (Å²) in [6.45, 7) is 1.74. The number of aliphatic hydroxyl groups excluding tert-OH is 1. The van der Waals surface area contributed by atoms with E-state index in [4.69, 9.17) is 5.11 Å². The van der Waals surface area contributed by atoms with Gasteiger partial charge >= 0.3 is 0 Å². The maximum Gasteiger partial charge on any atom is 0.238 e. The number of carbonyl (C=O) groups is 1. The highest BCUT2D eigenvalue weighted by molar-refractivity contribution is 5.92. The van der Waals surface area contributed by atoms with Gasteiger partial charge in [-0.1, -0.05) is 0 Å². The Balaban J connectivity index is 1.88. The van der Waals surface area contributed by atoms with Crippen molar-refractivity contribution in [2.45, 2.75) is 12.8 Å². The molecule has 0 bridgehead atoms. The third-order valence-corrected chi connectivity index (χ3v) is 3.37. The fraction of sp³-hybridized carbons (Fsp3) is 0.500. The van der Waals surface area contributed by atoms with Crippen molar-refractivity contribution in [2.24, 2.45) is 5.92 Å². The van der Waals surface area contributed by atoms with Gasteiger partial charge in [-0.15, -0.1) is 0 Å². The Kier molecular flexibility index (Phi) is 5.03. The number of aliphatic hydroxyl groups is 1. The van der Waals surface area contributed by atoms with Crippen LogP contribution in [0, 0.1) is 17.6 Å². The molecule has 0 aliphatic carbocycles. The monoisotopic (exact) mass is 284 g/mol. The Hall–Kier alpha value is -1.53. The zero-order valence-electron chi connectivity index (χ0n) is 11.1. The average molecular weight is 284 g/mol. The second kappa shape index (κ2) is 6.76. The van der Waals surface area contributed by atoms with E-state index in [2.05, 4.69) is 5.32 Å². The fourth-order valence-corrected chi connectivity index (χ4v) is 2.47. The molecule has 1 unspecified atom stereocenters. The first-order valence-corrected chi connectivity index (χ1v) is 6.66. The minimum Gasteiger partial charge on any atom is -0.396 e. The molecule has 1 aliphatic heterocycles. The highest BCUT2D eigenvalue weighted by Crippen LogP contribution is 2.16. The van der Waals surface area contributed by atoms with E-state index in [9.17, 15) is 13.6 Å². The Morgan fingerprint density at radius 3 is 2.70 bits per heavy atom. The number of nitrogens with one attached hydrogen (secondary N) is 1. The number of benzene rings is 1. The first-order valence-electron chi connectivity index (χ1n) is 6.66. The lowest BCUT2D eigenvalue weighted by Gasteiger charge is -2.31. The average Bonchev–Trinajstić information content (AvgIpc) is 2.37. The second-order valence-electron chi connectivity index (χ2n) is 5.13. The van der Waals surface area contributed by atoms with Crippen LogP contribution in [0.3, 0.4) is 0 Å². The molecule has 110 valence electrons. The predicted molar refractivity (Wildman–Crippen MR) is 71.2 cm³/mol. The fourth-order valence-electron chi connectivity index (χ4n) is 2.47. The SMILES string of the molecule is O=C(CN1CCCC(CO)C1)Nc1cc(F)cc(F)c1. The summed E-state index contributed by atoms with van der Waals surface area (Å²) < 4.78 is 26.0. The third kappa shape index (κ3) is 4.25. The summed E-state index contributed by atoms with van der Waals surface area (Å²) in [4.78, 5) is 13.8. The van der Waals surface area contributed by atoms with E-state index < -0.39 is 11.6 Å². The standard InChI is InChI=1S/C14H18F2N2O2/c15-11-4-12(16)6-13(5-11)17-14(20)8-18-3-1-2-10(7-18)9-19/h4-6,10,19H,1-3,7-9H2,(H,17,20). The van der Waals surface area contributed by atoms with E-state index in [1.807, 2.05) is 4.90 Å². The predicted octanol–water partition coefficient (Wildman–Crippen LogP) is 1.61. The maximum atomic E-state index is 13.0. The molecule has 0 spiro atoms. The molecule has 4 nitrogen and oxygen atoms in total. The normalized spacial score (nSPS) is 19.9. The van der Waals surface area contributed by atoms with Crippen LogP contribution in [0.25, 0.3) is 0 Å². The van der Waals surface area contributed by atoms with Crippen molar-refractivity contribution in [3.05, 3.63) is 29.8 Å². The summed E-state index contributed by atoms with van der Waals surface area (Å²) in [5, 5.41) is 11.6. The Labute approximate surface area is 116 Å². The number of halogens is 2. The highest BCUT2D eigenvalue weighted by atomic mass is 19.1. The van der Waals surface area contributed by atoms with Crippen molar-refractivity contribution in [3.8, 4) is 0 Å². The van der Waals surface area contributed by atoms with Gasteiger partial charge < -0.3 is 10.4 Å². The molecule has 2 N–H and O–H groups in total. The maximum absolute atomic E-state index is 13.0. The molecule has 0 aromatic heterocycles. The van der Waals surface area contributed by atoms with Crippen molar-refractivity contribution < 1.29 is 18.7 Å². The number of anilines is 1. The lowest BCUT2D eigenvalue weighted by Crippen LogP contribution is -2.41. The Bertz CT molecular complexity index is 462. The molecule has 1 saturated heterocycles. The van der Waals surface area contributed by atoms with Crippen molar-refractivity contribution in [1.82, 2.24) is 4.90 Å². The molecule has 0 saturated carbocycles. The zero-order valence-corrected chi connectivity index (χ0v) is 11.1. The molecule has 1 fully saturated rings. The number of carbonyl (C=O) groups excluding carboxylic acids is 1. The van der Waals surface area contributed by atoms with Crippen LogP contribution in [0.5, 0.6) is 0 Å². The molecule has 1 aromatic carbocycles. The molecular weight excluding hydrogens is 266 g/mol. The van der Waals surface area contributed by atoms with Gasteiger partial charge in [0.25, 0.3) is 0 Å². The zero-order chi connectivity index (χ0) is 14.5. The van der Waals surface area contributed by atoms with Gasteiger partial charge in [-0.2, -0.15) is 0 Å². The van der Waals surface area contributed by atoms with Crippen molar-refractivity contribution >= 4 is 11.6 Å². The number of rotatable bonds is 4. The summed E-state index contributed by atoms with van der Waals surface area (Å²) in [6, 6.07) is 2.91. The summed E-state index contributed by atoms with van der Waals surface area (Å²) in [6.07, 6.45) is 1.90. The Morgan fingerprint density at radius 1 is 1.35 bits per heavy atom. The summed E-state index contributed by atoms with van der Waals surface area (Å²) >= 11 is 0. The van der Waals surface area contributed by atoms with Gasteiger partial charge in [0.15, 0.2) is 0 Å².